The molecule has 0 aliphatic carbocycles. The molecule has 1 heterocycles. The van der Waals surface area contributed by atoms with Gasteiger partial charge in [0, 0.05) is 0 Å². The average Bonchev–Trinajstić information content (AvgIpc) is 2.83. The van der Waals surface area contributed by atoms with Gasteiger partial charge in [-0.15, -0.1) is 11.3 Å². The van der Waals surface area contributed by atoms with Gasteiger partial charge in [0.25, 0.3) is 0 Å². The number of halogens is 2. The van der Waals surface area contributed by atoms with Crippen LogP contribution in [0.3, 0.4) is 0 Å². The number of ketones is 1. The van der Waals surface area contributed by atoms with E-state index in [1.165, 1.54) is 26.2 Å². The third-order valence-corrected chi connectivity index (χ3v) is 3.47. The van der Waals surface area contributed by atoms with E-state index in [2.05, 4.69) is 0 Å². The largest absolute Gasteiger partial charge is 0.495 e. The van der Waals surface area contributed by atoms with Crippen molar-refractivity contribution in [1.82, 2.24) is 0 Å². The lowest BCUT2D eigenvalue weighted by Crippen LogP contribution is -2.06. The van der Waals surface area contributed by atoms with Crippen molar-refractivity contribution in [3.05, 3.63) is 51.2 Å². The number of aryl methyl sites for hydroxylation is 1. The number of benzene rings is 1. The van der Waals surface area contributed by atoms with Crippen LogP contribution in [0.5, 0.6) is 5.75 Å². The molecule has 0 aliphatic rings. The van der Waals surface area contributed by atoms with Crippen molar-refractivity contribution in [3.63, 3.8) is 0 Å². The average molecular weight is 268 g/mol. The Morgan fingerprint density at radius 1 is 1.22 bits per heavy atom. The molecule has 0 bridgehead atoms. The van der Waals surface area contributed by atoms with Crippen molar-refractivity contribution in [2.45, 2.75) is 6.92 Å². The number of hydrogen-bond acceptors (Lipinski definition) is 3. The summed E-state index contributed by atoms with van der Waals surface area (Å²) in [4.78, 5) is 12.4. The second kappa shape index (κ2) is 4.86. The van der Waals surface area contributed by atoms with E-state index < -0.39 is 17.4 Å². The summed E-state index contributed by atoms with van der Waals surface area (Å²) in [6.07, 6.45) is 0. The number of carbonyl (C=O) groups excluding carboxylic acids is 1. The fourth-order valence-corrected chi connectivity index (χ4v) is 2.38. The van der Waals surface area contributed by atoms with Crippen molar-refractivity contribution in [1.29, 1.82) is 0 Å². The lowest BCUT2D eigenvalue weighted by molar-refractivity contribution is 0.103. The number of hydrogen-bond donors (Lipinski definition) is 0. The van der Waals surface area contributed by atoms with Crippen LogP contribution in [0, 0.1) is 18.6 Å². The molecule has 0 spiro atoms. The highest BCUT2D eigenvalue weighted by Crippen LogP contribution is 2.28. The second-order valence-electron chi connectivity index (χ2n) is 3.71. The van der Waals surface area contributed by atoms with Gasteiger partial charge in [0.15, 0.2) is 11.6 Å². The Kier molecular flexibility index (Phi) is 3.43. The van der Waals surface area contributed by atoms with Gasteiger partial charge in [0.05, 0.1) is 12.7 Å². The van der Waals surface area contributed by atoms with Gasteiger partial charge in [-0.25, -0.2) is 8.78 Å². The van der Waals surface area contributed by atoms with Gasteiger partial charge in [0.1, 0.15) is 10.6 Å². The monoisotopic (exact) mass is 268 g/mol. The van der Waals surface area contributed by atoms with E-state index in [4.69, 9.17) is 4.74 Å². The van der Waals surface area contributed by atoms with Gasteiger partial charge in [-0.05, 0) is 30.0 Å². The molecule has 1 aromatic heterocycles. The van der Waals surface area contributed by atoms with Crippen LogP contribution in [0.4, 0.5) is 8.78 Å². The highest BCUT2D eigenvalue weighted by molar-refractivity contribution is 7.12. The first-order valence-electron chi connectivity index (χ1n) is 5.17. The minimum absolute atomic E-state index is 0.169. The Morgan fingerprint density at radius 2 is 1.94 bits per heavy atom. The van der Waals surface area contributed by atoms with Gasteiger partial charge >= 0.3 is 0 Å². The molecular formula is C13H10F2O2S. The molecule has 0 atom stereocenters. The van der Waals surface area contributed by atoms with E-state index in [9.17, 15) is 13.6 Å². The van der Waals surface area contributed by atoms with Crippen molar-refractivity contribution < 1.29 is 18.3 Å². The maximum absolute atomic E-state index is 13.7. The van der Waals surface area contributed by atoms with Gasteiger partial charge in [0.2, 0.25) is 5.78 Å². The van der Waals surface area contributed by atoms with Crippen LogP contribution in [0.15, 0.2) is 23.6 Å². The molecule has 5 heteroatoms. The standard InChI is InChI=1S/C13H10F2O2S/c1-7-3-4-8(11(15)10(7)14)12(16)13-9(17-2)5-6-18-13/h3-6H,1-2H3. The lowest BCUT2D eigenvalue weighted by atomic mass is 10.1. The zero-order valence-corrected chi connectivity index (χ0v) is 10.6. The van der Waals surface area contributed by atoms with Crippen molar-refractivity contribution in [2.24, 2.45) is 0 Å². The maximum atomic E-state index is 13.7. The van der Waals surface area contributed by atoms with Crippen LogP contribution < -0.4 is 4.74 Å². The molecule has 0 aliphatic heterocycles. The van der Waals surface area contributed by atoms with Crippen molar-refractivity contribution in [2.75, 3.05) is 7.11 Å². The summed E-state index contributed by atoms with van der Waals surface area (Å²) >= 11 is 1.13. The van der Waals surface area contributed by atoms with Crippen LogP contribution in [0.25, 0.3) is 0 Å². The predicted octanol–water partition coefficient (Wildman–Crippen LogP) is 3.57. The fourth-order valence-electron chi connectivity index (χ4n) is 1.57. The molecule has 0 fully saturated rings. The van der Waals surface area contributed by atoms with E-state index >= 15 is 0 Å². The number of carbonyl (C=O) groups is 1. The summed E-state index contributed by atoms with van der Waals surface area (Å²) in [7, 11) is 1.42. The molecule has 1 aromatic carbocycles. The summed E-state index contributed by atoms with van der Waals surface area (Å²) in [5.74, 6) is -2.31. The third-order valence-electron chi connectivity index (χ3n) is 2.58. The summed E-state index contributed by atoms with van der Waals surface area (Å²) < 4.78 is 32.1. The Morgan fingerprint density at radius 3 is 2.61 bits per heavy atom. The SMILES string of the molecule is COc1ccsc1C(=O)c1ccc(C)c(F)c1F. The summed E-state index contributed by atoms with van der Waals surface area (Å²) in [6, 6.07) is 4.28. The zero-order valence-electron chi connectivity index (χ0n) is 9.79. The van der Waals surface area contributed by atoms with E-state index in [1.807, 2.05) is 0 Å². The van der Waals surface area contributed by atoms with Gasteiger partial charge in [-0.1, -0.05) is 6.07 Å². The molecule has 0 saturated heterocycles. The molecule has 2 rings (SSSR count). The number of methoxy groups -OCH3 is 1. The molecule has 18 heavy (non-hydrogen) atoms. The first-order valence-corrected chi connectivity index (χ1v) is 6.05. The first-order chi connectivity index (χ1) is 8.56. The number of ether oxygens (including phenoxy) is 1. The van der Waals surface area contributed by atoms with Crippen LogP contribution in [0.1, 0.15) is 20.8 Å². The Bertz CT molecular complexity index is 605. The fraction of sp³-hybridized carbons (Fsp3) is 0.154. The van der Waals surface area contributed by atoms with Gasteiger partial charge in [-0.3, -0.25) is 4.79 Å². The van der Waals surface area contributed by atoms with Crippen LogP contribution >= 0.6 is 11.3 Å². The quantitative estimate of drug-likeness (QED) is 0.795. The van der Waals surface area contributed by atoms with E-state index in [-0.39, 0.29) is 16.0 Å². The Balaban J connectivity index is 2.50. The highest BCUT2D eigenvalue weighted by atomic mass is 32.1. The molecule has 0 saturated carbocycles. The maximum Gasteiger partial charge on any atom is 0.209 e. The Labute approximate surface area is 107 Å². The van der Waals surface area contributed by atoms with Gasteiger partial charge < -0.3 is 4.74 Å². The normalized spacial score (nSPS) is 10.4. The van der Waals surface area contributed by atoms with Crippen molar-refractivity contribution >= 4 is 17.1 Å². The highest BCUT2D eigenvalue weighted by Gasteiger charge is 2.22. The summed E-state index contributed by atoms with van der Waals surface area (Å²) in [5.41, 5.74) is -0.110. The zero-order chi connectivity index (χ0) is 13.3. The van der Waals surface area contributed by atoms with Gasteiger partial charge in [-0.2, -0.15) is 0 Å². The first kappa shape index (κ1) is 12.7. The molecule has 0 amide bonds. The van der Waals surface area contributed by atoms with Crippen LogP contribution in [0.2, 0.25) is 0 Å². The molecule has 0 radical (unpaired) electrons. The minimum atomic E-state index is -1.12. The van der Waals surface area contributed by atoms with Crippen LogP contribution in [-0.2, 0) is 0 Å². The molecule has 2 nitrogen and oxygen atoms in total. The van der Waals surface area contributed by atoms with Crippen molar-refractivity contribution in [3.8, 4) is 5.75 Å². The predicted molar refractivity (Wildman–Crippen MR) is 65.4 cm³/mol. The second-order valence-corrected chi connectivity index (χ2v) is 4.62. The van der Waals surface area contributed by atoms with E-state index in [1.54, 1.807) is 11.4 Å². The van der Waals surface area contributed by atoms with E-state index in [0.717, 1.165) is 11.3 Å². The topological polar surface area (TPSA) is 26.3 Å². The molecule has 0 unspecified atom stereocenters. The lowest BCUT2D eigenvalue weighted by Gasteiger charge is -2.05. The third kappa shape index (κ3) is 2.01. The number of thiophene rings is 1. The minimum Gasteiger partial charge on any atom is -0.495 e. The summed E-state index contributed by atoms with van der Waals surface area (Å²) in [5, 5.41) is 1.66. The van der Waals surface area contributed by atoms with E-state index in [0.29, 0.717) is 5.75 Å². The number of rotatable bonds is 3. The van der Waals surface area contributed by atoms with Crippen LogP contribution in [-0.4, -0.2) is 12.9 Å². The smallest absolute Gasteiger partial charge is 0.209 e. The Hall–Kier alpha value is -1.75. The molecule has 2 aromatic rings. The summed E-state index contributed by atoms with van der Waals surface area (Å²) in [6.45, 7) is 1.44. The molecule has 94 valence electrons. The molecular weight excluding hydrogens is 258 g/mol. The molecule has 0 N–H and O–H groups in total.